The van der Waals surface area contributed by atoms with Crippen LogP contribution < -0.4 is 14.8 Å². The molecule has 1 aromatic rings. The maximum absolute atomic E-state index is 5.41. The SMILES string of the molecule is CN=C(NCCSC)N1CCc2cc(OC)c(OC)cc2C1.I. The maximum atomic E-state index is 5.41. The van der Waals surface area contributed by atoms with Gasteiger partial charge in [-0.1, -0.05) is 0 Å². The van der Waals surface area contributed by atoms with Gasteiger partial charge < -0.3 is 19.7 Å². The quantitative estimate of drug-likeness (QED) is 0.323. The van der Waals surface area contributed by atoms with Gasteiger partial charge in [0.2, 0.25) is 0 Å². The minimum atomic E-state index is 0. The third-order valence-corrected chi connectivity index (χ3v) is 4.43. The van der Waals surface area contributed by atoms with Gasteiger partial charge in [-0.3, -0.25) is 4.99 Å². The molecule has 0 aromatic heterocycles. The molecule has 5 nitrogen and oxygen atoms in total. The number of nitrogens with zero attached hydrogens (tertiary/aromatic N) is 2. The van der Waals surface area contributed by atoms with E-state index in [1.54, 1.807) is 14.2 Å². The molecule has 2 rings (SSSR count). The number of rotatable bonds is 5. The van der Waals surface area contributed by atoms with Crippen LogP contribution in [0.25, 0.3) is 0 Å². The third-order valence-electron chi connectivity index (χ3n) is 3.82. The van der Waals surface area contributed by atoms with Crippen molar-refractivity contribution in [1.29, 1.82) is 0 Å². The van der Waals surface area contributed by atoms with Gasteiger partial charge in [-0.25, -0.2) is 0 Å². The molecule has 0 saturated heterocycles. The summed E-state index contributed by atoms with van der Waals surface area (Å²) < 4.78 is 10.8. The summed E-state index contributed by atoms with van der Waals surface area (Å²) in [5, 5.41) is 3.42. The van der Waals surface area contributed by atoms with Crippen LogP contribution in [0.4, 0.5) is 0 Å². The van der Waals surface area contributed by atoms with Gasteiger partial charge >= 0.3 is 0 Å². The van der Waals surface area contributed by atoms with Crippen molar-refractivity contribution in [2.45, 2.75) is 13.0 Å². The lowest BCUT2D eigenvalue weighted by Crippen LogP contribution is -2.44. The van der Waals surface area contributed by atoms with E-state index in [0.717, 1.165) is 49.3 Å². The lowest BCUT2D eigenvalue weighted by molar-refractivity contribution is 0.346. The van der Waals surface area contributed by atoms with Crippen molar-refractivity contribution in [2.24, 2.45) is 4.99 Å². The average molecular weight is 451 g/mol. The van der Waals surface area contributed by atoms with Crippen LogP contribution in [-0.4, -0.2) is 57.2 Å². The first kappa shape index (κ1) is 20.2. The Bertz CT molecular complexity index is 540. The fourth-order valence-electron chi connectivity index (χ4n) is 2.66. The number of hydrogen-bond donors (Lipinski definition) is 1. The number of halogens is 1. The first-order valence-corrected chi connectivity index (χ1v) is 8.81. The largest absolute Gasteiger partial charge is 0.493 e. The molecular formula is C16H26IN3O2S. The zero-order chi connectivity index (χ0) is 15.9. The Hall–Kier alpha value is -0.830. The van der Waals surface area contributed by atoms with E-state index in [0.29, 0.717) is 0 Å². The molecule has 0 aliphatic carbocycles. The van der Waals surface area contributed by atoms with Crippen LogP contribution in [0.2, 0.25) is 0 Å². The van der Waals surface area contributed by atoms with Gasteiger partial charge in [0.15, 0.2) is 17.5 Å². The van der Waals surface area contributed by atoms with E-state index < -0.39 is 0 Å². The van der Waals surface area contributed by atoms with Crippen molar-refractivity contribution in [1.82, 2.24) is 10.2 Å². The highest BCUT2D eigenvalue weighted by molar-refractivity contribution is 14.0. The van der Waals surface area contributed by atoms with E-state index in [1.165, 1.54) is 11.1 Å². The molecule has 0 bridgehead atoms. The summed E-state index contributed by atoms with van der Waals surface area (Å²) in [6.07, 6.45) is 3.10. The molecule has 1 heterocycles. The van der Waals surface area contributed by atoms with Gasteiger partial charge in [-0.15, -0.1) is 24.0 Å². The van der Waals surface area contributed by atoms with Crippen LogP contribution in [0.5, 0.6) is 11.5 Å². The van der Waals surface area contributed by atoms with Gasteiger partial charge in [-0.2, -0.15) is 11.8 Å². The minimum absolute atomic E-state index is 0. The van der Waals surface area contributed by atoms with Gasteiger partial charge in [0.05, 0.1) is 14.2 Å². The molecule has 0 radical (unpaired) electrons. The van der Waals surface area contributed by atoms with E-state index in [-0.39, 0.29) is 24.0 Å². The predicted octanol–water partition coefficient (Wildman–Crippen LogP) is 2.62. The summed E-state index contributed by atoms with van der Waals surface area (Å²) in [6, 6.07) is 4.17. The molecule has 0 atom stereocenters. The normalized spacial score (nSPS) is 13.9. The molecule has 23 heavy (non-hydrogen) atoms. The van der Waals surface area contributed by atoms with E-state index in [9.17, 15) is 0 Å². The number of thioether (sulfide) groups is 1. The molecule has 1 N–H and O–H groups in total. The molecular weight excluding hydrogens is 425 g/mol. The summed E-state index contributed by atoms with van der Waals surface area (Å²) in [5.74, 6) is 3.63. The summed E-state index contributed by atoms with van der Waals surface area (Å²) in [6.45, 7) is 2.74. The molecule has 1 aliphatic rings. The summed E-state index contributed by atoms with van der Waals surface area (Å²) in [7, 11) is 5.19. The second-order valence-electron chi connectivity index (χ2n) is 5.11. The minimum Gasteiger partial charge on any atom is -0.493 e. The Morgan fingerprint density at radius 1 is 1.26 bits per heavy atom. The first-order valence-electron chi connectivity index (χ1n) is 7.41. The third kappa shape index (κ3) is 5.07. The Balaban J connectivity index is 0.00000264. The van der Waals surface area contributed by atoms with E-state index in [1.807, 2.05) is 18.8 Å². The van der Waals surface area contributed by atoms with Crippen LogP contribution in [-0.2, 0) is 13.0 Å². The summed E-state index contributed by atoms with van der Waals surface area (Å²) in [5.41, 5.74) is 2.60. The fourth-order valence-corrected chi connectivity index (χ4v) is 2.97. The van der Waals surface area contributed by atoms with E-state index >= 15 is 0 Å². The predicted molar refractivity (Wildman–Crippen MR) is 109 cm³/mol. The van der Waals surface area contributed by atoms with E-state index in [4.69, 9.17) is 9.47 Å². The van der Waals surface area contributed by atoms with Crippen molar-refractivity contribution in [3.05, 3.63) is 23.3 Å². The zero-order valence-electron chi connectivity index (χ0n) is 14.2. The number of hydrogen-bond acceptors (Lipinski definition) is 4. The van der Waals surface area contributed by atoms with Crippen molar-refractivity contribution in [2.75, 3.05) is 46.4 Å². The zero-order valence-corrected chi connectivity index (χ0v) is 17.4. The standard InChI is InChI=1S/C16H25N3O2S.HI/c1-17-16(18-6-8-22-4)19-7-5-12-9-14(20-2)15(21-3)10-13(12)11-19;/h9-10H,5-8,11H2,1-4H3,(H,17,18);1H. The highest BCUT2D eigenvalue weighted by Gasteiger charge is 2.21. The number of fused-ring (bicyclic) bond motifs is 1. The molecule has 7 heteroatoms. The van der Waals surface area contributed by atoms with Gasteiger partial charge in [0.25, 0.3) is 0 Å². The fraction of sp³-hybridized carbons (Fsp3) is 0.562. The Morgan fingerprint density at radius 3 is 2.48 bits per heavy atom. The highest BCUT2D eigenvalue weighted by Crippen LogP contribution is 2.33. The first-order chi connectivity index (χ1) is 10.7. The van der Waals surface area contributed by atoms with Gasteiger partial charge in [0, 0.05) is 32.4 Å². The Kier molecular flexibility index (Phi) is 8.90. The number of aliphatic imine (C=N–C) groups is 1. The Morgan fingerprint density at radius 2 is 1.91 bits per heavy atom. The molecule has 0 saturated carbocycles. The number of benzene rings is 1. The van der Waals surface area contributed by atoms with Crippen LogP contribution in [0.15, 0.2) is 17.1 Å². The molecule has 0 amide bonds. The molecule has 1 aliphatic heterocycles. The number of ether oxygens (including phenoxy) is 2. The molecule has 0 fully saturated rings. The molecule has 1 aromatic carbocycles. The van der Waals surface area contributed by atoms with Crippen LogP contribution >= 0.6 is 35.7 Å². The topological polar surface area (TPSA) is 46.1 Å². The highest BCUT2D eigenvalue weighted by atomic mass is 127. The smallest absolute Gasteiger partial charge is 0.193 e. The van der Waals surface area contributed by atoms with Crippen LogP contribution in [0.3, 0.4) is 0 Å². The van der Waals surface area contributed by atoms with Crippen LogP contribution in [0, 0.1) is 0 Å². The second kappa shape index (κ2) is 10.1. The van der Waals surface area contributed by atoms with Crippen molar-refractivity contribution in [3.8, 4) is 11.5 Å². The summed E-state index contributed by atoms with van der Waals surface area (Å²) >= 11 is 1.83. The maximum Gasteiger partial charge on any atom is 0.193 e. The lowest BCUT2D eigenvalue weighted by Gasteiger charge is -2.32. The van der Waals surface area contributed by atoms with Crippen LogP contribution in [0.1, 0.15) is 11.1 Å². The summed E-state index contributed by atoms with van der Waals surface area (Å²) in [4.78, 5) is 6.69. The second-order valence-corrected chi connectivity index (χ2v) is 6.10. The van der Waals surface area contributed by atoms with Gasteiger partial charge in [-0.05, 0) is 35.9 Å². The average Bonchev–Trinajstić information content (AvgIpc) is 2.57. The molecule has 0 spiro atoms. The molecule has 0 unspecified atom stereocenters. The van der Waals surface area contributed by atoms with E-state index in [2.05, 4.69) is 33.6 Å². The van der Waals surface area contributed by atoms with Crippen molar-refractivity contribution in [3.63, 3.8) is 0 Å². The van der Waals surface area contributed by atoms with Crippen molar-refractivity contribution >= 4 is 41.7 Å². The lowest BCUT2D eigenvalue weighted by atomic mass is 9.99. The number of methoxy groups -OCH3 is 2. The van der Waals surface area contributed by atoms with Crippen molar-refractivity contribution < 1.29 is 9.47 Å². The Labute approximate surface area is 160 Å². The van der Waals surface area contributed by atoms with Gasteiger partial charge in [0.1, 0.15) is 0 Å². The number of nitrogens with one attached hydrogen (secondary N) is 1. The molecule has 130 valence electrons. The number of guanidine groups is 1. The monoisotopic (exact) mass is 451 g/mol.